The maximum atomic E-state index is 12.4. The molecule has 3 rings (SSSR count). The molecule has 0 radical (unpaired) electrons. The standard InChI is InChI=1S/C21H26N2O2.ClH/c22-21(12-6-7-13-21)20(24)23-14-18-10-4-5-11-19(18)16-25-15-17-8-2-1-3-9-17;/h1-5,8-11H,6-7,12-16,22H2,(H,23,24);1H. The Morgan fingerprint density at radius 2 is 1.58 bits per heavy atom. The summed E-state index contributed by atoms with van der Waals surface area (Å²) in [6, 6.07) is 18.2. The number of rotatable bonds is 7. The highest BCUT2D eigenvalue weighted by atomic mass is 35.5. The minimum atomic E-state index is -0.682. The maximum absolute atomic E-state index is 12.4. The third-order valence-electron chi connectivity index (χ3n) is 4.87. The number of carbonyl (C=O) groups excluding carboxylic acids is 1. The first-order valence-electron chi connectivity index (χ1n) is 8.93. The normalized spacial score (nSPS) is 15.3. The van der Waals surface area contributed by atoms with Gasteiger partial charge in [-0.25, -0.2) is 0 Å². The highest BCUT2D eigenvalue weighted by molar-refractivity contribution is 5.86. The molecule has 1 aliphatic rings. The first-order valence-corrected chi connectivity index (χ1v) is 8.93. The minimum absolute atomic E-state index is 0. The second kappa shape index (κ2) is 9.72. The van der Waals surface area contributed by atoms with Crippen LogP contribution in [-0.4, -0.2) is 11.4 Å². The van der Waals surface area contributed by atoms with E-state index in [2.05, 4.69) is 17.4 Å². The number of nitrogens with one attached hydrogen (secondary N) is 1. The molecule has 0 saturated heterocycles. The van der Waals surface area contributed by atoms with Crippen LogP contribution >= 0.6 is 12.4 Å². The Hall–Kier alpha value is -1.88. The molecule has 0 heterocycles. The van der Waals surface area contributed by atoms with Crippen molar-refractivity contribution in [1.82, 2.24) is 5.32 Å². The molecule has 0 aliphatic heterocycles. The fourth-order valence-corrected chi connectivity index (χ4v) is 3.31. The summed E-state index contributed by atoms with van der Waals surface area (Å²) in [6.45, 7) is 1.59. The van der Waals surface area contributed by atoms with Gasteiger partial charge in [-0.2, -0.15) is 0 Å². The average Bonchev–Trinajstić information content (AvgIpc) is 3.09. The number of ether oxygens (including phenoxy) is 1. The van der Waals surface area contributed by atoms with E-state index in [1.807, 2.05) is 42.5 Å². The third kappa shape index (κ3) is 5.31. The molecular formula is C21H27ClN2O2. The van der Waals surface area contributed by atoms with Crippen molar-refractivity contribution < 1.29 is 9.53 Å². The van der Waals surface area contributed by atoms with Crippen molar-refractivity contribution in [3.8, 4) is 0 Å². The molecule has 3 N–H and O–H groups in total. The van der Waals surface area contributed by atoms with Gasteiger partial charge in [-0.1, -0.05) is 67.4 Å². The Morgan fingerprint density at radius 1 is 0.962 bits per heavy atom. The quantitative estimate of drug-likeness (QED) is 0.776. The number of benzene rings is 2. The highest BCUT2D eigenvalue weighted by Gasteiger charge is 2.36. The van der Waals surface area contributed by atoms with E-state index in [9.17, 15) is 4.79 Å². The van der Waals surface area contributed by atoms with Crippen LogP contribution in [0.4, 0.5) is 0 Å². The van der Waals surface area contributed by atoms with E-state index in [1.54, 1.807) is 0 Å². The van der Waals surface area contributed by atoms with Gasteiger partial charge in [-0.05, 0) is 29.5 Å². The minimum Gasteiger partial charge on any atom is -0.372 e. The molecule has 0 unspecified atom stereocenters. The molecule has 1 aliphatic carbocycles. The van der Waals surface area contributed by atoms with Crippen LogP contribution < -0.4 is 11.1 Å². The van der Waals surface area contributed by atoms with Gasteiger partial charge in [0.15, 0.2) is 0 Å². The first kappa shape index (κ1) is 20.4. The van der Waals surface area contributed by atoms with Crippen molar-refractivity contribution in [2.45, 2.75) is 51.0 Å². The van der Waals surface area contributed by atoms with Crippen LogP contribution in [0.25, 0.3) is 0 Å². The zero-order valence-corrected chi connectivity index (χ0v) is 15.8. The number of halogens is 1. The monoisotopic (exact) mass is 374 g/mol. The van der Waals surface area contributed by atoms with Crippen molar-refractivity contribution >= 4 is 18.3 Å². The lowest BCUT2D eigenvalue weighted by atomic mass is 9.98. The van der Waals surface area contributed by atoms with Crippen LogP contribution in [0.15, 0.2) is 54.6 Å². The van der Waals surface area contributed by atoms with Crippen LogP contribution in [0, 0.1) is 0 Å². The number of hydrogen-bond donors (Lipinski definition) is 2. The van der Waals surface area contributed by atoms with E-state index in [-0.39, 0.29) is 18.3 Å². The number of hydrogen-bond acceptors (Lipinski definition) is 3. The Labute approximate surface area is 161 Å². The summed E-state index contributed by atoms with van der Waals surface area (Å²) in [5.41, 5.74) is 8.85. The summed E-state index contributed by atoms with van der Waals surface area (Å²) in [5.74, 6) is -0.0370. The van der Waals surface area contributed by atoms with Gasteiger partial charge in [-0.3, -0.25) is 4.79 Å². The third-order valence-corrected chi connectivity index (χ3v) is 4.87. The highest BCUT2D eigenvalue weighted by Crippen LogP contribution is 2.27. The lowest BCUT2D eigenvalue weighted by molar-refractivity contribution is -0.126. The SMILES string of the molecule is Cl.NC1(C(=O)NCc2ccccc2COCc2ccccc2)CCCC1. The topological polar surface area (TPSA) is 64.4 Å². The zero-order valence-electron chi connectivity index (χ0n) is 14.9. The molecule has 2 aromatic carbocycles. The lowest BCUT2D eigenvalue weighted by Crippen LogP contribution is -2.51. The van der Waals surface area contributed by atoms with E-state index in [0.717, 1.165) is 42.4 Å². The van der Waals surface area contributed by atoms with Crippen molar-refractivity contribution in [2.24, 2.45) is 5.73 Å². The van der Waals surface area contributed by atoms with Gasteiger partial charge >= 0.3 is 0 Å². The zero-order chi connectivity index (χ0) is 17.5. The summed E-state index contributed by atoms with van der Waals surface area (Å²) < 4.78 is 5.84. The summed E-state index contributed by atoms with van der Waals surface area (Å²) in [7, 11) is 0. The molecular weight excluding hydrogens is 348 g/mol. The van der Waals surface area contributed by atoms with Gasteiger partial charge in [0.2, 0.25) is 5.91 Å². The molecule has 1 saturated carbocycles. The van der Waals surface area contributed by atoms with Gasteiger partial charge in [-0.15, -0.1) is 12.4 Å². The molecule has 0 atom stereocenters. The van der Waals surface area contributed by atoms with E-state index in [0.29, 0.717) is 19.8 Å². The molecule has 0 bridgehead atoms. The second-order valence-electron chi connectivity index (χ2n) is 6.79. The molecule has 0 spiro atoms. The summed E-state index contributed by atoms with van der Waals surface area (Å²) in [5, 5.41) is 3.01. The predicted octanol–water partition coefficient (Wildman–Crippen LogP) is 3.71. The molecule has 26 heavy (non-hydrogen) atoms. The Bertz CT molecular complexity index is 700. The van der Waals surface area contributed by atoms with E-state index >= 15 is 0 Å². The molecule has 140 valence electrons. The average molecular weight is 375 g/mol. The first-order chi connectivity index (χ1) is 12.2. The van der Waals surface area contributed by atoms with Crippen LogP contribution in [0.1, 0.15) is 42.4 Å². The number of carbonyl (C=O) groups is 1. The van der Waals surface area contributed by atoms with Gasteiger partial charge in [0, 0.05) is 6.54 Å². The molecule has 4 nitrogen and oxygen atoms in total. The van der Waals surface area contributed by atoms with E-state index < -0.39 is 5.54 Å². The Kier molecular flexibility index (Phi) is 7.64. The van der Waals surface area contributed by atoms with Crippen molar-refractivity contribution in [3.63, 3.8) is 0 Å². The largest absolute Gasteiger partial charge is 0.372 e. The van der Waals surface area contributed by atoms with E-state index in [4.69, 9.17) is 10.5 Å². The van der Waals surface area contributed by atoms with E-state index in [1.165, 1.54) is 0 Å². The number of nitrogens with two attached hydrogens (primary N) is 1. The molecule has 0 aromatic heterocycles. The van der Waals surface area contributed by atoms with Crippen LogP contribution in [0.2, 0.25) is 0 Å². The smallest absolute Gasteiger partial charge is 0.240 e. The van der Waals surface area contributed by atoms with Gasteiger partial charge < -0.3 is 15.8 Å². The van der Waals surface area contributed by atoms with Crippen molar-refractivity contribution in [1.29, 1.82) is 0 Å². The summed E-state index contributed by atoms with van der Waals surface area (Å²) in [6.07, 6.45) is 3.63. The van der Waals surface area contributed by atoms with Gasteiger partial charge in [0.05, 0.1) is 18.8 Å². The molecule has 1 amide bonds. The Balaban J connectivity index is 0.00000243. The van der Waals surface area contributed by atoms with Crippen molar-refractivity contribution in [2.75, 3.05) is 0 Å². The molecule has 2 aromatic rings. The van der Waals surface area contributed by atoms with Crippen LogP contribution in [0.3, 0.4) is 0 Å². The molecule has 5 heteroatoms. The fraction of sp³-hybridized carbons (Fsp3) is 0.381. The predicted molar refractivity (Wildman–Crippen MR) is 106 cm³/mol. The van der Waals surface area contributed by atoms with Crippen LogP contribution in [0.5, 0.6) is 0 Å². The van der Waals surface area contributed by atoms with Crippen LogP contribution in [-0.2, 0) is 29.3 Å². The fourth-order valence-electron chi connectivity index (χ4n) is 3.31. The Morgan fingerprint density at radius 3 is 2.27 bits per heavy atom. The maximum Gasteiger partial charge on any atom is 0.240 e. The van der Waals surface area contributed by atoms with Crippen molar-refractivity contribution in [3.05, 3.63) is 71.3 Å². The number of amides is 1. The second-order valence-corrected chi connectivity index (χ2v) is 6.79. The van der Waals surface area contributed by atoms with Gasteiger partial charge in [0.25, 0.3) is 0 Å². The summed E-state index contributed by atoms with van der Waals surface area (Å²) >= 11 is 0. The molecule has 1 fully saturated rings. The lowest BCUT2D eigenvalue weighted by Gasteiger charge is -2.22. The van der Waals surface area contributed by atoms with Gasteiger partial charge in [0.1, 0.15) is 0 Å². The summed E-state index contributed by atoms with van der Waals surface area (Å²) in [4.78, 5) is 12.4.